The zero-order chi connectivity index (χ0) is 11.0. The summed E-state index contributed by atoms with van der Waals surface area (Å²) in [4.78, 5) is 27.8. The minimum atomic E-state index is -0.365. The van der Waals surface area contributed by atoms with Crippen molar-refractivity contribution in [1.82, 2.24) is 9.88 Å². The minimum Gasteiger partial charge on any atom is -0.369 e. The maximum atomic E-state index is 11.7. The Balaban J connectivity index is 1.97. The van der Waals surface area contributed by atoms with E-state index in [1.807, 2.05) is 0 Å². The van der Waals surface area contributed by atoms with E-state index in [1.54, 1.807) is 5.38 Å². The number of halogens is 1. The number of aromatic nitrogens is 1. The first-order valence-corrected chi connectivity index (χ1v) is 5.53. The van der Waals surface area contributed by atoms with Crippen LogP contribution in [0.3, 0.4) is 0 Å². The van der Waals surface area contributed by atoms with E-state index in [-0.39, 0.29) is 17.7 Å². The summed E-state index contributed by atoms with van der Waals surface area (Å²) in [5.41, 5.74) is 5.42. The van der Waals surface area contributed by atoms with E-state index in [2.05, 4.69) is 4.98 Å². The Kier molecular flexibility index (Phi) is 2.62. The average molecular weight is 246 g/mol. The van der Waals surface area contributed by atoms with E-state index in [0.29, 0.717) is 23.3 Å². The lowest BCUT2D eigenvalue weighted by Gasteiger charge is -2.36. The molecule has 0 saturated carbocycles. The van der Waals surface area contributed by atoms with Crippen LogP contribution < -0.4 is 5.73 Å². The molecule has 0 unspecified atom stereocenters. The highest BCUT2D eigenvalue weighted by atomic mass is 35.5. The SMILES string of the molecule is NC(=O)C1CN(C(=O)c2csc(Cl)n2)C1. The van der Waals surface area contributed by atoms with Gasteiger partial charge in [-0.3, -0.25) is 9.59 Å². The first kappa shape index (κ1) is 10.4. The third-order valence-corrected chi connectivity index (χ3v) is 3.25. The van der Waals surface area contributed by atoms with Gasteiger partial charge in [-0.2, -0.15) is 0 Å². The van der Waals surface area contributed by atoms with Crippen LogP contribution in [-0.2, 0) is 4.79 Å². The predicted octanol–water partition coefficient (Wildman–Crippen LogP) is 0.354. The monoisotopic (exact) mass is 245 g/mol. The number of nitrogens with two attached hydrogens (primary N) is 1. The maximum absolute atomic E-state index is 11.7. The van der Waals surface area contributed by atoms with Crippen LogP contribution in [0.2, 0.25) is 4.47 Å². The molecule has 0 aromatic carbocycles. The van der Waals surface area contributed by atoms with Gasteiger partial charge in [-0.1, -0.05) is 11.6 Å². The minimum absolute atomic E-state index is 0.198. The van der Waals surface area contributed by atoms with E-state index in [1.165, 1.54) is 16.2 Å². The summed E-state index contributed by atoms with van der Waals surface area (Å²) in [5.74, 6) is -0.783. The van der Waals surface area contributed by atoms with Crippen LogP contribution in [0.15, 0.2) is 5.38 Å². The van der Waals surface area contributed by atoms with Gasteiger partial charge >= 0.3 is 0 Å². The Bertz CT molecular complexity index is 414. The number of carbonyl (C=O) groups is 2. The summed E-state index contributed by atoms with van der Waals surface area (Å²) >= 11 is 6.82. The van der Waals surface area contributed by atoms with Crippen LogP contribution in [0, 0.1) is 5.92 Å². The lowest BCUT2D eigenvalue weighted by molar-refractivity contribution is -0.125. The molecule has 2 amide bonds. The molecule has 5 nitrogen and oxygen atoms in total. The molecule has 1 fully saturated rings. The van der Waals surface area contributed by atoms with Gasteiger partial charge in [0.25, 0.3) is 5.91 Å². The Morgan fingerprint density at radius 2 is 2.27 bits per heavy atom. The summed E-state index contributed by atoms with van der Waals surface area (Å²) in [6.07, 6.45) is 0. The Labute approximate surface area is 94.8 Å². The van der Waals surface area contributed by atoms with Crippen LogP contribution in [-0.4, -0.2) is 34.8 Å². The molecular weight excluding hydrogens is 238 g/mol. The molecule has 1 aromatic rings. The van der Waals surface area contributed by atoms with Gasteiger partial charge in [0.2, 0.25) is 5.91 Å². The number of primary amides is 1. The molecule has 7 heteroatoms. The van der Waals surface area contributed by atoms with Crippen molar-refractivity contribution in [3.05, 3.63) is 15.5 Å². The van der Waals surface area contributed by atoms with Crippen molar-refractivity contribution in [2.75, 3.05) is 13.1 Å². The number of amides is 2. The normalized spacial score (nSPS) is 16.2. The number of rotatable bonds is 2. The molecule has 0 radical (unpaired) electrons. The van der Waals surface area contributed by atoms with E-state index in [4.69, 9.17) is 17.3 Å². The predicted molar refractivity (Wildman–Crippen MR) is 55.7 cm³/mol. The second kappa shape index (κ2) is 3.79. The fourth-order valence-electron chi connectivity index (χ4n) is 1.34. The van der Waals surface area contributed by atoms with Gasteiger partial charge in [0, 0.05) is 18.5 Å². The van der Waals surface area contributed by atoms with E-state index < -0.39 is 0 Å². The van der Waals surface area contributed by atoms with Crippen molar-refractivity contribution in [3.8, 4) is 0 Å². The first-order chi connectivity index (χ1) is 7.08. The molecule has 0 bridgehead atoms. The van der Waals surface area contributed by atoms with Crippen LogP contribution in [0.4, 0.5) is 0 Å². The topological polar surface area (TPSA) is 76.3 Å². The van der Waals surface area contributed by atoms with Gasteiger partial charge in [-0.15, -0.1) is 11.3 Å². The number of nitrogens with zero attached hydrogens (tertiary/aromatic N) is 2. The molecule has 1 aliphatic heterocycles. The largest absolute Gasteiger partial charge is 0.369 e. The van der Waals surface area contributed by atoms with Gasteiger partial charge in [-0.25, -0.2) is 4.98 Å². The van der Waals surface area contributed by atoms with Crippen LogP contribution in [0.5, 0.6) is 0 Å². The molecule has 0 spiro atoms. The van der Waals surface area contributed by atoms with Crippen molar-refractivity contribution in [1.29, 1.82) is 0 Å². The molecule has 2 heterocycles. The first-order valence-electron chi connectivity index (χ1n) is 4.27. The molecule has 0 atom stereocenters. The van der Waals surface area contributed by atoms with Crippen molar-refractivity contribution in [2.45, 2.75) is 0 Å². The van der Waals surface area contributed by atoms with E-state index in [9.17, 15) is 9.59 Å². The van der Waals surface area contributed by atoms with Gasteiger partial charge in [0.05, 0.1) is 5.92 Å². The summed E-state index contributed by atoms with van der Waals surface area (Å²) in [6.45, 7) is 0.757. The molecule has 2 rings (SSSR count). The molecule has 1 saturated heterocycles. The number of hydrogen-bond acceptors (Lipinski definition) is 4. The second-order valence-corrected chi connectivity index (χ2v) is 4.74. The molecule has 80 valence electrons. The zero-order valence-electron chi connectivity index (χ0n) is 7.64. The van der Waals surface area contributed by atoms with Crippen molar-refractivity contribution >= 4 is 34.8 Å². The Morgan fingerprint density at radius 3 is 2.73 bits per heavy atom. The van der Waals surface area contributed by atoms with E-state index >= 15 is 0 Å². The van der Waals surface area contributed by atoms with Gasteiger partial charge in [0.15, 0.2) is 4.47 Å². The standard InChI is InChI=1S/C8H8ClN3O2S/c9-8-11-5(3-15-8)7(14)12-1-4(2-12)6(10)13/h3-4H,1-2H2,(H2,10,13). The average Bonchev–Trinajstić information content (AvgIpc) is 2.48. The van der Waals surface area contributed by atoms with Crippen molar-refractivity contribution in [2.24, 2.45) is 11.7 Å². The summed E-state index contributed by atoms with van der Waals surface area (Å²) in [5, 5.41) is 1.60. The number of hydrogen-bond donors (Lipinski definition) is 1. The highest BCUT2D eigenvalue weighted by Gasteiger charge is 2.35. The van der Waals surface area contributed by atoms with Crippen molar-refractivity contribution < 1.29 is 9.59 Å². The smallest absolute Gasteiger partial charge is 0.273 e. The molecule has 2 N–H and O–H groups in total. The number of likely N-dealkylation sites (tertiary alicyclic amines) is 1. The number of thiazole rings is 1. The summed E-state index contributed by atoms with van der Waals surface area (Å²) in [7, 11) is 0. The molecule has 0 aliphatic carbocycles. The third kappa shape index (κ3) is 1.95. The van der Waals surface area contributed by atoms with E-state index in [0.717, 1.165) is 0 Å². The molecular formula is C8H8ClN3O2S. The van der Waals surface area contributed by atoms with Gasteiger partial charge in [-0.05, 0) is 0 Å². The van der Waals surface area contributed by atoms with Crippen LogP contribution in [0.25, 0.3) is 0 Å². The fourth-order valence-corrected chi connectivity index (χ4v) is 2.07. The Morgan fingerprint density at radius 1 is 1.60 bits per heavy atom. The highest BCUT2D eigenvalue weighted by molar-refractivity contribution is 7.14. The van der Waals surface area contributed by atoms with Crippen LogP contribution >= 0.6 is 22.9 Å². The zero-order valence-corrected chi connectivity index (χ0v) is 9.22. The second-order valence-electron chi connectivity index (χ2n) is 3.30. The lowest BCUT2D eigenvalue weighted by atomic mass is 9.99. The molecule has 1 aliphatic rings. The Hall–Kier alpha value is -1.14. The lowest BCUT2D eigenvalue weighted by Crippen LogP contribution is -2.54. The fraction of sp³-hybridized carbons (Fsp3) is 0.375. The summed E-state index contributed by atoms with van der Waals surface area (Å²) in [6, 6.07) is 0. The molecule has 15 heavy (non-hydrogen) atoms. The highest BCUT2D eigenvalue weighted by Crippen LogP contribution is 2.21. The van der Waals surface area contributed by atoms with Crippen LogP contribution in [0.1, 0.15) is 10.5 Å². The molecule has 1 aromatic heterocycles. The summed E-state index contributed by atoms with van der Waals surface area (Å²) < 4.78 is 0.338. The quantitative estimate of drug-likeness (QED) is 0.817. The third-order valence-electron chi connectivity index (χ3n) is 2.27. The number of carbonyl (C=O) groups excluding carboxylic acids is 2. The van der Waals surface area contributed by atoms with Crippen molar-refractivity contribution in [3.63, 3.8) is 0 Å². The van der Waals surface area contributed by atoms with Gasteiger partial charge in [0.1, 0.15) is 5.69 Å². The van der Waals surface area contributed by atoms with Gasteiger partial charge < -0.3 is 10.6 Å². The maximum Gasteiger partial charge on any atom is 0.273 e.